The second-order valence-electron chi connectivity index (χ2n) is 7.49. The summed E-state index contributed by atoms with van der Waals surface area (Å²) in [4.78, 5) is 12.4. The molecule has 1 heterocycles. The van der Waals surface area contributed by atoms with Gasteiger partial charge in [-0.1, -0.05) is 12.5 Å². The largest absolute Gasteiger partial charge is 0.495 e. The Morgan fingerprint density at radius 1 is 1.03 bits per heavy atom. The number of carbonyl (C=O) groups excluding carboxylic acids is 1. The number of anilines is 1. The minimum absolute atomic E-state index is 0.0555. The van der Waals surface area contributed by atoms with E-state index in [2.05, 4.69) is 5.32 Å². The van der Waals surface area contributed by atoms with E-state index in [0.29, 0.717) is 24.5 Å². The molecule has 0 bridgehead atoms. The molecule has 0 saturated carbocycles. The number of sulfonamides is 1. The average Bonchev–Trinajstić information content (AvgIpc) is 2.72. The molecule has 7 nitrogen and oxygen atoms in total. The average molecular weight is 433 g/mol. The molecule has 30 heavy (non-hydrogen) atoms. The third-order valence-electron chi connectivity index (χ3n) is 4.95. The number of ether oxygens (including phenoxy) is 2. The van der Waals surface area contributed by atoms with Gasteiger partial charge in [-0.25, -0.2) is 8.42 Å². The summed E-state index contributed by atoms with van der Waals surface area (Å²) in [5, 5.41) is 2.71. The van der Waals surface area contributed by atoms with Crippen LogP contribution in [0.25, 0.3) is 0 Å². The van der Waals surface area contributed by atoms with Crippen molar-refractivity contribution in [2.45, 2.75) is 38.0 Å². The van der Waals surface area contributed by atoms with Gasteiger partial charge in [-0.05, 0) is 68.1 Å². The van der Waals surface area contributed by atoms with E-state index in [1.165, 1.54) is 17.5 Å². The van der Waals surface area contributed by atoms with Crippen LogP contribution in [0.3, 0.4) is 0 Å². The normalized spacial score (nSPS) is 14.9. The van der Waals surface area contributed by atoms with Crippen LogP contribution in [-0.4, -0.2) is 45.4 Å². The van der Waals surface area contributed by atoms with E-state index in [9.17, 15) is 13.2 Å². The molecular weight excluding hydrogens is 404 g/mol. The van der Waals surface area contributed by atoms with E-state index in [4.69, 9.17) is 9.47 Å². The molecule has 2 aromatic rings. The van der Waals surface area contributed by atoms with E-state index in [0.717, 1.165) is 30.4 Å². The molecule has 1 aliphatic heterocycles. The number of amides is 1. The molecule has 0 atom stereocenters. The van der Waals surface area contributed by atoms with Gasteiger partial charge in [0.25, 0.3) is 5.91 Å². The van der Waals surface area contributed by atoms with Crippen LogP contribution in [0.4, 0.5) is 5.69 Å². The van der Waals surface area contributed by atoms with E-state index in [1.807, 2.05) is 32.0 Å². The second-order valence-corrected chi connectivity index (χ2v) is 9.40. The summed E-state index contributed by atoms with van der Waals surface area (Å²) in [5.74, 6) is 0.497. The van der Waals surface area contributed by atoms with Crippen LogP contribution < -0.4 is 14.8 Å². The number of hydrogen-bond acceptors (Lipinski definition) is 5. The number of rotatable bonds is 7. The summed E-state index contributed by atoms with van der Waals surface area (Å²) in [6.45, 7) is 4.73. The molecule has 1 fully saturated rings. The topological polar surface area (TPSA) is 84.9 Å². The Balaban J connectivity index is 1.73. The highest BCUT2D eigenvalue weighted by molar-refractivity contribution is 7.89. The fraction of sp³-hybridized carbons (Fsp3) is 0.409. The zero-order chi connectivity index (χ0) is 21.7. The van der Waals surface area contributed by atoms with Gasteiger partial charge in [-0.15, -0.1) is 0 Å². The Morgan fingerprint density at radius 2 is 1.70 bits per heavy atom. The summed E-state index contributed by atoms with van der Waals surface area (Å²) >= 11 is 0. The minimum Gasteiger partial charge on any atom is -0.495 e. The molecule has 0 spiro atoms. The maximum atomic E-state index is 13.1. The van der Waals surface area contributed by atoms with Crippen molar-refractivity contribution in [1.29, 1.82) is 0 Å². The fourth-order valence-electron chi connectivity index (χ4n) is 3.56. The highest BCUT2D eigenvalue weighted by atomic mass is 32.2. The predicted molar refractivity (Wildman–Crippen MR) is 116 cm³/mol. The molecule has 8 heteroatoms. The van der Waals surface area contributed by atoms with Gasteiger partial charge in [0.2, 0.25) is 10.0 Å². The first-order valence-electron chi connectivity index (χ1n) is 9.99. The Hall–Kier alpha value is -2.58. The van der Waals surface area contributed by atoms with Crippen LogP contribution in [0.2, 0.25) is 0 Å². The van der Waals surface area contributed by atoms with Gasteiger partial charge in [-0.3, -0.25) is 4.79 Å². The molecule has 0 radical (unpaired) electrons. The fourth-order valence-corrected chi connectivity index (χ4v) is 5.26. The number of hydrogen-bond donors (Lipinski definition) is 1. The van der Waals surface area contributed by atoms with Gasteiger partial charge < -0.3 is 14.8 Å². The highest BCUT2D eigenvalue weighted by Gasteiger charge is 2.29. The number of benzene rings is 2. The van der Waals surface area contributed by atoms with Crippen molar-refractivity contribution in [3.63, 3.8) is 0 Å². The lowest BCUT2D eigenvalue weighted by Gasteiger charge is -2.26. The zero-order valence-corrected chi connectivity index (χ0v) is 18.4. The molecule has 1 saturated heterocycles. The van der Waals surface area contributed by atoms with Crippen LogP contribution in [-0.2, 0) is 14.8 Å². The van der Waals surface area contributed by atoms with Crippen molar-refractivity contribution in [2.75, 3.05) is 32.1 Å². The molecule has 0 aromatic heterocycles. The van der Waals surface area contributed by atoms with Crippen LogP contribution in [0.15, 0.2) is 41.3 Å². The summed E-state index contributed by atoms with van der Waals surface area (Å²) in [6.07, 6.45) is 2.71. The van der Waals surface area contributed by atoms with E-state index >= 15 is 0 Å². The zero-order valence-electron chi connectivity index (χ0n) is 17.6. The van der Waals surface area contributed by atoms with Crippen molar-refractivity contribution >= 4 is 21.6 Å². The van der Waals surface area contributed by atoms with Crippen molar-refractivity contribution in [3.8, 4) is 11.5 Å². The number of piperidine rings is 1. The number of methoxy groups -OCH3 is 1. The molecular formula is C22H28N2O5S. The molecule has 0 unspecified atom stereocenters. The first-order chi connectivity index (χ1) is 14.3. The molecule has 0 aliphatic carbocycles. The van der Waals surface area contributed by atoms with Gasteiger partial charge in [0, 0.05) is 18.8 Å². The predicted octanol–water partition coefficient (Wildman–Crippen LogP) is 3.50. The summed E-state index contributed by atoms with van der Waals surface area (Å²) in [7, 11) is -2.27. The SMILES string of the molecule is COc1ccc(NC(=O)COc2cc(C)cc(C)c2)cc1S(=O)(=O)N1CCCCC1. The third kappa shape index (κ3) is 5.31. The summed E-state index contributed by atoms with van der Waals surface area (Å²) in [5.41, 5.74) is 2.47. The first-order valence-corrected chi connectivity index (χ1v) is 11.4. The lowest BCUT2D eigenvalue weighted by atomic mass is 10.1. The number of aryl methyl sites for hydroxylation is 2. The minimum atomic E-state index is -3.70. The number of nitrogens with zero attached hydrogens (tertiary/aromatic N) is 1. The van der Waals surface area contributed by atoms with Gasteiger partial charge >= 0.3 is 0 Å². The second kappa shape index (κ2) is 9.49. The number of carbonyl (C=O) groups is 1. The molecule has 2 aromatic carbocycles. The van der Waals surface area contributed by atoms with Crippen LogP contribution in [0.5, 0.6) is 11.5 Å². The van der Waals surface area contributed by atoms with Crippen LogP contribution in [0, 0.1) is 13.8 Å². The Morgan fingerprint density at radius 3 is 2.33 bits per heavy atom. The van der Waals surface area contributed by atoms with Crippen LogP contribution in [0.1, 0.15) is 30.4 Å². The van der Waals surface area contributed by atoms with Crippen molar-refractivity contribution in [3.05, 3.63) is 47.5 Å². The van der Waals surface area contributed by atoms with Gasteiger partial charge in [0.15, 0.2) is 6.61 Å². The lowest BCUT2D eigenvalue weighted by Crippen LogP contribution is -2.35. The third-order valence-corrected chi connectivity index (χ3v) is 6.87. The molecule has 3 rings (SSSR count). The Kier molecular flexibility index (Phi) is 6.99. The smallest absolute Gasteiger partial charge is 0.262 e. The van der Waals surface area contributed by atoms with Gasteiger partial charge in [0.05, 0.1) is 7.11 Å². The monoisotopic (exact) mass is 432 g/mol. The standard InChI is InChI=1S/C22H28N2O5S/c1-16-11-17(2)13-19(12-16)29-15-22(25)23-18-7-8-20(28-3)21(14-18)30(26,27)24-9-5-4-6-10-24/h7-8,11-14H,4-6,9-10,15H2,1-3H3,(H,23,25). The van der Waals surface area contributed by atoms with E-state index < -0.39 is 10.0 Å². The first kappa shape index (κ1) is 22.1. The maximum Gasteiger partial charge on any atom is 0.262 e. The molecule has 1 amide bonds. The van der Waals surface area contributed by atoms with Gasteiger partial charge in [-0.2, -0.15) is 4.31 Å². The maximum absolute atomic E-state index is 13.1. The highest BCUT2D eigenvalue weighted by Crippen LogP contribution is 2.31. The van der Waals surface area contributed by atoms with Crippen molar-refractivity contribution in [1.82, 2.24) is 4.31 Å². The van der Waals surface area contributed by atoms with Crippen LogP contribution >= 0.6 is 0 Å². The summed E-state index contributed by atoms with van der Waals surface area (Å²) in [6, 6.07) is 10.3. The Bertz CT molecular complexity index is 994. The van der Waals surface area contributed by atoms with Crippen molar-refractivity contribution in [2.24, 2.45) is 0 Å². The molecule has 1 N–H and O–H groups in total. The number of nitrogens with one attached hydrogen (secondary N) is 1. The van der Waals surface area contributed by atoms with Gasteiger partial charge in [0.1, 0.15) is 16.4 Å². The Labute approximate surface area is 178 Å². The lowest BCUT2D eigenvalue weighted by molar-refractivity contribution is -0.118. The van der Waals surface area contributed by atoms with Crippen molar-refractivity contribution < 1.29 is 22.7 Å². The molecule has 1 aliphatic rings. The van der Waals surface area contributed by atoms with E-state index in [1.54, 1.807) is 12.1 Å². The van der Waals surface area contributed by atoms with E-state index in [-0.39, 0.29) is 23.2 Å². The summed E-state index contributed by atoms with van der Waals surface area (Å²) < 4.78 is 38.5. The molecule has 162 valence electrons. The quantitative estimate of drug-likeness (QED) is 0.724.